The minimum atomic E-state index is -0.683. The van der Waals surface area contributed by atoms with Gasteiger partial charge in [0, 0.05) is 40.6 Å². The van der Waals surface area contributed by atoms with Crippen molar-refractivity contribution in [1.29, 1.82) is 0 Å². The molecule has 9 heteroatoms. The molecule has 0 saturated heterocycles. The van der Waals surface area contributed by atoms with Crippen molar-refractivity contribution in [3.05, 3.63) is 119 Å². The summed E-state index contributed by atoms with van der Waals surface area (Å²) in [5.41, 5.74) is 6.92. The summed E-state index contributed by atoms with van der Waals surface area (Å²) in [7, 11) is 0. The van der Waals surface area contributed by atoms with Crippen LogP contribution >= 0.6 is 23.2 Å². The molecule has 0 spiro atoms. The molecule has 1 amide bonds. The van der Waals surface area contributed by atoms with Gasteiger partial charge in [-0.15, -0.1) is 17.3 Å². The predicted octanol–water partition coefficient (Wildman–Crippen LogP) is 6.59. The van der Waals surface area contributed by atoms with Crippen LogP contribution in [0.4, 0.5) is 4.79 Å². The number of halogens is 2. The highest BCUT2D eigenvalue weighted by molar-refractivity contribution is 6.31. The van der Waals surface area contributed by atoms with Gasteiger partial charge in [0.2, 0.25) is 0 Å². The Kier molecular flexibility index (Phi) is 7.95. The third kappa shape index (κ3) is 6.09. The third-order valence-corrected chi connectivity index (χ3v) is 7.87. The van der Waals surface area contributed by atoms with Gasteiger partial charge >= 0.3 is 6.09 Å². The molecule has 3 aliphatic rings. The lowest BCUT2D eigenvalue weighted by Gasteiger charge is -2.35. The fourth-order valence-electron chi connectivity index (χ4n) is 5.35. The van der Waals surface area contributed by atoms with E-state index in [0.29, 0.717) is 42.5 Å². The van der Waals surface area contributed by atoms with Gasteiger partial charge in [-0.05, 0) is 78.6 Å². The number of alkyl halides is 1. The molecule has 0 bridgehead atoms. The van der Waals surface area contributed by atoms with E-state index in [1.165, 1.54) is 0 Å². The van der Waals surface area contributed by atoms with Crippen molar-refractivity contribution < 1.29 is 19.4 Å². The van der Waals surface area contributed by atoms with E-state index >= 15 is 0 Å². The Morgan fingerprint density at radius 2 is 2.07 bits per heavy atom. The quantitative estimate of drug-likeness (QED) is 0.240. The molecule has 210 valence electrons. The van der Waals surface area contributed by atoms with Crippen LogP contribution < -0.4 is 4.74 Å². The van der Waals surface area contributed by atoms with E-state index in [-0.39, 0.29) is 12.0 Å². The summed E-state index contributed by atoms with van der Waals surface area (Å²) < 4.78 is 11.7. The van der Waals surface area contributed by atoms with Crippen molar-refractivity contribution in [1.82, 2.24) is 14.8 Å². The highest BCUT2D eigenvalue weighted by Gasteiger charge is 2.36. The molecule has 6 rings (SSSR count). The molecule has 3 unspecified atom stereocenters. The Hall–Kier alpha value is -3.87. The maximum absolute atomic E-state index is 13.5. The Morgan fingerprint density at radius 3 is 2.83 bits per heavy atom. The van der Waals surface area contributed by atoms with Crippen molar-refractivity contribution >= 4 is 40.2 Å². The van der Waals surface area contributed by atoms with E-state index < -0.39 is 18.2 Å². The average Bonchev–Trinajstić information content (AvgIpc) is 3.35. The number of carbonyl (C=O) groups excluding carboxylic acids is 1. The largest absolute Gasteiger partial charge is 0.491 e. The first-order chi connectivity index (χ1) is 19.9. The third-order valence-electron chi connectivity index (χ3n) is 7.31. The van der Waals surface area contributed by atoms with E-state index in [4.69, 9.17) is 32.7 Å². The number of aliphatic hydroxyl groups is 1. The lowest BCUT2D eigenvalue weighted by atomic mass is 9.92. The number of β-amino-alcohol motifs (C(OH)–C–C–N with tert-alkyl or cyclic N) is 1. The highest BCUT2D eigenvalue weighted by atomic mass is 35.5. The molecule has 2 N–H and O–H groups in total. The molecule has 0 fully saturated rings. The molecule has 0 radical (unpaired) electrons. The number of fused-ring (bicyclic) bond motifs is 3. The normalized spacial score (nSPS) is 20.2. The van der Waals surface area contributed by atoms with Gasteiger partial charge in [-0.1, -0.05) is 29.8 Å². The number of H-pyrrole nitrogens is 1. The van der Waals surface area contributed by atoms with Crippen LogP contribution in [0.2, 0.25) is 5.02 Å². The predicted molar refractivity (Wildman–Crippen MR) is 160 cm³/mol. The molecule has 2 aromatic carbocycles. The van der Waals surface area contributed by atoms with Gasteiger partial charge in [-0.3, -0.25) is 4.90 Å². The number of aromatic nitrogens is 1. The number of hydrogen-bond donors (Lipinski definition) is 2. The summed E-state index contributed by atoms with van der Waals surface area (Å²) in [6, 6.07) is 13.0. The minimum Gasteiger partial charge on any atom is -0.491 e. The van der Waals surface area contributed by atoms with Crippen LogP contribution in [0.3, 0.4) is 0 Å². The Bertz CT molecular complexity index is 1600. The van der Waals surface area contributed by atoms with Gasteiger partial charge in [0.25, 0.3) is 0 Å². The Morgan fingerprint density at radius 1 is 1.22 bits per heavy atom. The summed E-state index contributed by atoms with van der Waals surface area (Å²) in [5, 5.41) is 12.0. The van der Waals surface area contributed by atoms with Gasteiger partial charge in [0.1, 0.15) is 30.3 Å². The number of nitrogens with zero attached hydrogens (tertiary/aromatic N) is 2. The van der Waals surface area contributed by atoms with E-state index in [2.05, 4.69) is 10.7 Å². The summed E-state index contributed by atoms with van der Waals surface area (Å²) in [4.78, 5) is 20.6. The van der Waals surface area contributed by atoms with Gasteiger partial charge in [-0.2, -0.15) is 0 Å². The van der Waals surface area contributed by atoms with Crippen molar-refractivity contribution in [2.45, 2.75) is 30.4 Å². The molecule has 3 atom stereocenters. The first-order valence-corrected chi connectivity index (χ1v) is 14.3. The van der Waals surface area contributed by atoms with Crippen LogP contribution in [0.1, 0.15) is 29.3 Å². The monoisotopic (exact) mass is 589 g/mol. The van der Waals surface area contributed by atoms with E-state index in [9.17, 15) is 9.90 Å². The van der Waals surface area contributed by atoms with Gasteiger partial charge < -0.3 is 24.5 Å². The van der Waals surface area contributed by atoms with Gasteiger partial charge in [0.15, 0.2) is 0 Å². The first-order valence-electron chi connectivity index (χ1n) is 13.5. The van der Waals surface area contributed by atoms with Crippen LogP contribution in [0.15, 0.2) is 96.7 Å². The lowest BCUT2D eigenvalue weighted by molar-refractivity contribution is 0.0911. The maximum atomic E-state index is 13.5. The Balaban J connectivity index is 1.24. The smallest absolute Gasteiger partial charge is 0.416 e. The zero-order chi connectivity index (χ0) is 28.3. The summed E-state index contributed by atoms with van der Waals surface area (Å²) in [6.07, 6.45) is 12.9. The highest BCUT2D eigenvalue weighted by Crippen LogP contribution is 2.40. The van der Waals surface area contributed by atoms with Gasteiger partial charge in [0.05, 0.1) is 11.9 Å². The molecule has 2 aliphatic heterocycles. The molecular weight excluding hydrogens is 561 g/mol. The SMILES string of the molecule is O=C(OC1=CCC(Cl)C=C1)N1CCc2c([nH]c3ccc(Cl)cc23)C1c1ccc(OCC(O)CN2C=C=CC=C2)cc1. The second kappa shape index (κ2) is 11.9. The van der Waals surface area contributed by atoms with Crippen molar-refractivity contribution in [3.8, 4) is 5.75 Å². The second-order valence-electron chi connectivity index (χ2n) is 10.2. The number of carbonyl (C=O) groups is 1. The Labute approximate surface area is 248 Å². The molecule has 7 nitrogen and oxygen atoms in total. The zero-order valence-corrected chi connectivity index (χ0v) is 23.7. The molecule has 1 aliphatic carbocycles. The molecule has 0 saturated carbocycles. The summed E-state index contributed by atoms with van der Waals surface area (Å²) in [6.45, 7) is 1.02. The molecule has 3 heterocycles. The number of aromatic amines is 1. The van der Waals surface area contributed by atoms with E-state index in [1.807, 2.05) is 77.9 Å². The number of ether oxygens (including phenoxy) is 2. The fourth-order valence-corrected chi connectivity index (χ4v) is 5.69. The van der Waals surface area contributed by atoms with Crippen LogP contribution in [0.5, 0.6) is 5.75 Å². The number of hydrogen-bond acceptors (Lipinski definition) is 5. The van der Waals surface area contributed by atoms with Crippen LogP contribution in [-0.2, 0) is 11.2 Å². The molecular formula is C32H29Cl2N3O4. The summed E-state index contributed by atoms with van der Waals surface area (Å²) in [5.74, 6) is 1.12. The zero-order valence-electron chi connectivity index (χ0n) is 22.2. The van der Waals surface area contributed by atoms with E-state index in [1.54, 1.807) is 17.2 Å². The minimum absolute atomic E-state index is 0.0987. The second-order valence-corrected chi connectivity index (χ2v) is 11.2. The van der Waals surface area contributed by atoms with Gasteiger partial charge in [-0.25, -0.2) is 4.79 Å². The maximum Gasteiger partial charge on any atom is 0.416 e. The van der Waals surface area contributed by atoms with Crippen molar-refractivity contribution in [2.75, 3.05) is 19.7 Å². The average molecular weight is 591 g/mol. The van der Waals surface area contributed by atoms with Crippen molar-refractivity contribution in [2.24, 2.45) is 0 Å². The number of rotatable bonds is 7. The topological polar surface area (TPSA) is 78.0 Å². The van der Waals surface area contributed by atoms with Crippen molar-refractivity contribution in [3.63, 3.8) is 0 Å². The number of allylic oxidation sites excluding steroid dienone is 5. The lowest BCUT2D eigenvalue weighted by Crippen LogP contribution is -2.40. The molecule has 3 aromatic rings. The fraction of sp³-hybridized carbons (Fsp3) is 0.250. The molecule has 1 aromatic heterocycles. The van der Waals surface area contributed by atoms with E-state index in [0.717, 1.165) is 27.7 Å². The summed E-state index contributed by atoms with van der Waals surface area (Å²) >= 11 is 12.5. The standard InChI is InChI=1S/C32H29Cl2N3O4/c33-22-6-11-26(12-7-22)41-32(39)37-17-14-27-28-18-23(34)8-13-29(28)35-30(27)31(37)21-4-9-25(10-5-21)40-20-24(38)19-36-15-2-1-3-16-36/h1-2,4-6,8-13,15-16,18,22,24,31,35,38H,7,14,17,19-20H2. The molecule has 41 heavy (non-hydrogen) atoms. The number of aliphatic hydroxyl groups excluding tert-OH is 1. The number of amides is 1. The van der Waals surface area contributed by atoms with Crippen LogP contribution in [0.25, 0.3) is 10.9 Å². The number of nitrogens with one attached hydrogen (secondary N) is 1. The van der Waals surface area contributed by atoms with Crippen LogP contribution in [-0.4, -0.2) is 57.2 Å². The van der Waals surface area contributed by atoms with Crippen LogP contribution in [0, 0.1) is 0 Å². The number of benzene rings is 2. The first kappa shape index (κ1) is 27.3.